The summed E-state index contributed by atoms with van der Waals surface area (Å²) in [7, 11) is 0. The Morgan fingerprint density at radius 1 is 1.04 bits per heavy atom. The Bertz CT molecular complexity index is 664. The Labute approximate surface area is 160 Å². The lowest BCUT2D eigenvalue weighted by atomic mass is 10.0. The van der Waals surface area contributed by atoms with Crippen molar-refractivity contribution in [2.24, 2.45) is 0 Å². The summed E-state index contributed by atoms with van der Waals surface area (Å²) in [5.41, 5.74) is 1.90. The van der Waals surface area contributed by atoms with E-state index in [0.717, 1.165) is 0 Å². The number of nitrogens with zero attached hydrogens (tertiary/aromatic N) is 3. The molecular formula is C20H29N3O4. The third kappa shape index (κ3) is 5.45. The van der Waals surface area contributed by atoms with Crippen molar-refractivity contribution in [2.45, 2.75) is 33.6 Å². The SMILES string of the molecule is CCOC(=O)N1CCN(C(=O)CN(C(C)=O)c2ccc(C(C)C)cc2)CC1. The predicted octanol–water partition coefficient (Wildman–Crippen LogP) is 2.46. The molecule has 7 heteroatoms. The number of carbonyl (C=O) groups excluding carboxylic acids is 3. The number of hydrogen-bond donors (Lipinski definition) is 0. The first-order valence-corrected chi connectivity index (χ1v) is 9.41. The molecule has 0 atom stereocenters. The van der Waals surface area contributed by atoms with Crippen molar-refractivity contribution in [3.63, 3.8) is 0 Å². The van der Waals surface area contributed by atoms with Gasteiger partial charge in [-0.2, -0.15) is 0 Å². The van der Waals surface area contributed by atoms with E-state index in [2.05, 4.69) is 13.8 Å². The highest BCUT2D eigenvalue weighted by Gasteiger charge is 2.26. The first-order valence-electron chi connectivity index (χ1n) is 9.41. The highest BCUT2D eigenvalue weighted by atomic mass is 16.6. The van der Waals surface area contributed by atoms with Gasteiger partial charge in [0.25, 0.3) is 0 Å². The first-order chi connectivity index (χ1) is 12.8. The lowest BCUT2D eigenvalue weighted by Crippen LogP contribution is -2.53. The largest absolute Gasteiger partial charge is 0.450 e. The number of carbonyl (C=O) groups is 3. The fraction of sp³-hybridized carbons (Fsp3) is 0.550. The van der Waals surface area contributed by atoms with E-state index in [1.807, 2.05) is 24.3 Å². The minimum absolute atomic E-state index is 0.00420. The molecule has 1 heterocycles. The second-order valence-corrected chi connectivity index (χ2v) is 6.92. The number of rotatable bonds is 5. The highest BCUT2D eigenvalue weighted by molar-refractivity contribution is 5.97. The molecule has 0 radical (unpaired) electrons. The molecule has 0 aromatic heterocycles. The molecule has 1 aliphatic heterocycles. The number of amides is 3. The molecule has 0 spiro atoms. The van der Waals surface area contributed by atoms with Gasteiger partial charge in [0.15, 0.2) is 0 Å². The molecule has 0 unspecified atom stereocenters. The van der Waals surface area contributed by atoms with Gasteiger partial charge in [0.05, 0.1) is 6.61 Å². The van der Waals surface area contributed by atoms with Gasteiger partial charge in [0.2, 0.25) is 11.8 Å². The minimum atomic E-state index is -0.347. The first kappa shape index (κ1) is 20.7. The molecule has 1 fully saturated rings. The maximum atomic E-state index is 12.7. The molecule has 1 aromatic carbocycles. The van der Waals surface area contributed by atoms with Crippen LogP contribution in [0.25, 0.3) is 0 Å². The minimum Gasteiger partial charge on any atom is -0.450 e. The van der Waals surface area contributed by atoms with Crippen LogP contribution in [0, 0.1) is 0 Å². The number of piperazine rings is 1. The molecule has 0 saturated carbocycles. The summed E-state index contributed by atoms with van der Waals surface area (Å²) >= 11 is 0. The standard InChI is InChI=1S/C20H29N3O4/c1-5-27-20(26)22-12-10-21(11-13-22)19(25)14-23(16(4)24)18-8-6-17(7-9-18)15(2)3/h6-9,15H,5,10-14H2,1-4H3. The lowest BCUT2D eigenvalue weighted by Gasteiger charge is -2.35. The topological polar surface area (TPSA) is 70.2 Å². The zero-order chi connectivity index (χ0) is 20.0. The van der Waals surface area contributed by atoms with Crippen molar-refractivity contribution in [1.29, 1.82) is 0 Å². The van der Waals surface area contributed by atoms with Gasteiger partial charge in [-0.1, -0.05) is 26.0 Å². The predicted molar refractivity (Wildman–Crippen MR) is 104 cm³/mol. The number of ether oxygens (including phenoxy) is 1. The maximum Gasteiger partial charge on any atom is 0.409 e. The fourth-order valence-electron chi connectivity index (χ4n) is 3.01. The van der Waals surface area contributed by atoms with Crippen LogP contribution in [-0.2, 0) is 14.3 Å². The zero-order valence-corrected chi connectivity index (χ0v) is 16.6. The fourth-order valence-corrected chi connectivity index (χ4v) is 3.01. The molecule has 1 aliphatic rings. The normalized spacial score (nSPS) is 14.3. The van der Waals surface area contributed by atoms with E-state index >= 15 is 0 Å². The van der Waals surface area contributed by atoms with Gasteiger partial charge in [-0.25, -0.2) is 4.79 Å². The van der Waals surface area contributed by atoms with Crippen LogP contribution >= 0.6 is 0 Å². The molecule has 0 aliphatic carbocycles. The molecule has 3 amide bonds. The van der Waals surface area contributed by atoms with Crippen LogP contribution in [0.15, 0.2) is 24.3 Å². The Hall–Kier alpha value is -2.57. The maximum absolute atomic E-state index is 12.7. The molecule has 7 nitrogen and oxygen atoms in total. The summed E-state index contributed by atoms with van der Waals surface area (Å²) in [5.74, 6) is 0.106. The summed E-state index contributed by atoms with van der Waals surface area (Å²) in [6.45, 7) is 9.53. The quantitative estimate of drug-likeness (QED) is 0.793. The molecule has 0 bridgehead atoms. The van der Waals surface area contributed by atoms with Gasteiger partial charge in [0.1, 0.15) is 6.54 Å². The summed E-state index contributed by atoms with van der Waals surface area (Å²) in [4.78, 5) is 41.3. The molecule has 1 saturated heterocycles. The van der Waals surface area contributed by atoms with Crippen molar-refractivity contribution in [3.8, 4) is 0 Å². The van der Waals surface area contributed by atoms with E-state index in [1.54, 1.807) is 16.7 Å². The summed E-state index contributed by atoms with van der Waals surface area (Å²) in [5, 5.41) is 0. The van der Waals surface area contributed by atoms with E-state index in [0.29, 0.717) is 44.4 Å². The van der Waals surface area contributed by atoms with Crippen LogP contribution in [-0.4, -0.2) is 67.0 Å². The summed E-state index contributed by atoms with van der Waals surface area (Å²) < 4.78 is 4.99. The molecule has 1 aromatic rings. The Morgan fingerprint density at radius 2 is 1.59 bits per heavy atom. The van der Waals surface area contributed by atoms with Gasteiger partial charge in [0, 0.05) is 38.8 Å². The van der Waals surface area contributed by atoms with Crippen LogP contribution < -0.4 is 4.90 Å². The molecule has 2 rings (SSSR count). The van der Waals surface area contributed by atoms with Crippen LogP contribution in [0.3, 0.4) is 0 Å². The molecular weight excluding hydrogens is 346 g/mol. The van der Waals surface area contributed by atoms with Crippen molar-refractivity contribution >= 4 is 23.6 Å². The van der Waals surface area contributed by atoms with E-state index in [9.17, 15) is 14.4 Å². The Balaban J connectivity index is 1.97. The van der Waals surface area contributed by atoms with E-state index in [-0.39, 0.29) is 24.5 Å². The third-order valence-electron chi connectivity index (χ3n) is 4.70. The van der Waals surface area contributed by atoms with E-state index in [1.165, 1.54) is 17.4 Å². The number of hydrogen-bond acceptors (Lipinski definition) is 4. The molecule has 148 valence electrons. The number of benzene rings is 1. The van der Waals surface area contributed by atoms with Gasteiger partial charge in [-0.15, -0.1) is 0 Å². The van der Waals surface area contributed by atoms with Crippen LogP contribution in [0.1, 0.15) is 39.2 Å². The third-order valence-corrected chi connectivity index (χ3v) is 4.70. The Kier molecular flexibility index (Phi) is 7.21. The average molecular weight is 375 g/mol. The van der Waals surface area contributed by atoms with Crippen molar-refractivity contribution < 1.29 is 19.1 Å². The van der Waals surface area contributed by atoms with Crippen molar-refractivity contribution in [1.82, 2.24) is 9.80 Å². The summed E-state index contributed by atoms with van der Waals surface area (Å²) in [6.07, 6.45) is -0.347. The second-order valence-electron chi connectivity index (χ2n) is 6.92. The van der Waals surface area contributed by atoms with Gasteiger partial charge in [-0.05, 0) is 30.5 Å². The van der Waals surface area contributed by atoms with Crippen LogP contribution in [0.2, 0.25) is 0 Å². The van der Waals surface area contributed by atoms with Crippen molar-refractivity contribution in [2.75, 3.05) is 44.2 Å². The zero-order valence-electron chi connectivity index (χ0n) is 16.6. The molecule has 0 N–H and O–H groups in total. The van der Waals surface area contributed by atoms with Gasteiger partial charge >= 0.3 is 6.09 Å². The highest BCUT2D eigenvalue weighted by Crippen LogP contribution is 2.20. The van der Waals surface area contributed by atoms with Gasteiger partial charge < -0.3 is 19.4 Å². The summed E-state index contributed by atoms with van der Waals surface area (Å²) in [6, 6.07) is 7.72. The second kappa shape index (κ2) is 9.39. The molecule has 27 heavy (non-hydrogen) atoms. The Morgan fingerprint density at radius 3 is 2.07 bits per heavy atom. The van der Waals surface area contributed by atoms with E-state index < -0.39 is 0 Å². The lowest BCUT2D eigenvalue weighted by molar-refractivity contribution is -0.132. The average Bonchev–Trinajstić information content (AvgIpc) is 2.66. The number of anilines is 1. The monoisotopic (exact) mass is 375 g/mol. The van der Waals surface area contributed by atoms with Crippen LogP contribution in [0.5, 0.6) is 0 Å². The van der Waals surface area contributed by atoms with Crippen molar-refractivity contribution in [3.05, 3.63) is 29.8 Å². The van der Waals surface area contributed by atoms with Crippen LogP contribution in [0.4, 0.5) is 10.5 Å². The smallest absolute Gasteiger partial charge is 0.409 e. The van der Waals surface area contributed by atoms with Gasteiger partial charge in [-0.3, -0.25) is 9.59 Å². The van der Waals surface area contributed by atoms with E-state index in [4.69, 9.17) is 4.74 Å².